The first-order chi connectivity index (χ1) is 9.16. The molecule has 1 rings (SSSR count). The number of ketones is 1. The van der Waals surface area contributed by atoms with Crippen LogP contribution in [0.2, 0.25) is 0 Å². The molecule has 0 bridgehead atoms. The average Bonchev–Trinajstić information content (AvgIpc) is 2.37. The van der Waals surface area contributed by atoms with Crippen LogP contribution in [0.3, 0.4) is 0 Å². The predicted octanol–water partition coefficient (Wildman–Crippen LogP) is -0.384. The quantitative estimate of drug-likeness (QED) is 0.704. The largest absolute Gasteiger partial charge is 0.342 e. The number of hydrogen-bond donors (Lipinski definition) is 0. The van der Waals surface area contributed by atoms with Crippen molar-refractivity contribution >= 4 is 11.7 Å². The average molecular weight is 281 g/mol. The Morgan fingerprint density at radius 1 is 1.30 bits per heavy atom. The zero-order valence-electron chi connectivity index (χ0n) is 12.3. The van der Waals surface area contributed by atoms with Gasteiger partial charge in [0.1, 0.15) is 6.54 Å². The second kappa shape index (κ2) is 5.85. The monoisotopic (exact) mass is 281 g/mol. The summed E-state index contributed by atoms with van der Waals surface area (Å²) in [6.45, 7) is 4.74. The van der Waals surface area contributed by atoms with Gasteiger partial charge in [-0.1, -0.05) is 0 Å². The topological polar surface area (TPSA) is 81.4 Å². The molecule has 0 saturated carbocycles. The van der Waals surface area contributed by atoms with Crippen LogP contribution in [0.1, 0.15) is 31.1 Å². The van der Waals surface area contributed by atoms with Crippen molar-refractivity contribution in [2.24, 2.45) is 7.05 Å². The van der Waals surface area contributed by atoms with Gasteiger partial charge in [0.15, 0.2) is 5.78 Å². The lowest BCUT2D eigenvalue weighted by atomic mass is 10.2. The molecule has 0 N–H and O–H groups in total. The summed E-state index contributed by atoms with van der Waals surface area (Å²) < 4.78 is 1.92. The molecule has 7 heteroatoms. The Bertz CT molecular complexity index is 655. The Labute approximate surface area is 116 Å². The summed E-state index contributed by atoms with van der Waals surface area (Å²) >= 11 is 0. The summed E-state index contributed by atoms with van der Waals surface area (Å²) in [6.07, 6.45) is 1.15. The number of nitrogens with zero attached hydrogens (tertiary/aromatic N) is 3. The molecule has 20 heavy (non-hydrogen) atoms. The first-order valence-corrected chi connectivity index (χ1v) is 6.23. The fourth-order valence-corrected chi connectivity index (χ4v) is 1.63. The molecule has 7 nitrogen and oxygen atoms in total. The Morgan fingerprint density at radius 2 is 1.85 bits per heavy atom. The van der Waals surface area contributed by atoms with Crippen molar-refractivity contribution in [1.82, 2.24) is 14.0 Å². The third-order valence-electron chi connectivity index (χ3n) is 3.21. The van der Waals surface area contributed by atoms with E-state index in [9.17, 15) is 19.2 Å². The molecule has 0 aromatic carbocycles. The molecule has 0 saturated heterocycles. The van der Waals surface area contributed by atoms with Gasteiger partial charge in [-0.3, -0.25) is 23.5 Å². The highest BCUT2D eigenvalue weighted by atomic mass is 16.2. The number of rotatable bonds is 4. The lowest BCUT2D eigenvalue weighted by Gasteiger charge is -2.22. The van der Waals surface area contributed by atoms with E-state index in [0.29, 0.717) is 0 Å². The van der Waals surface area contributed by atoms with Crippen LogP contribution in [0.4, 0.5) is 0 Å². The predicted molar refractivity (Wildman–Crippen MR) is 73.9 cm³/mol. The number of aromatic nitrogens is 2. The third kappa shape index (κ3) is 3.04. The zero-order valence-corrected chi connectivity index (χ0v) is 12.3. The van der Waals surface area contributed by atoms with Crippen LogP contribution in [0.15, 0.2) is 15.8 Å². The normalized spacial score (nSPS) is 10.7. The molecule has 1 aromatic rings. The minimum Gasteiger partial charge on any atom is -0.342 e. The Hall–Kier alpha value is -2.18. The van der Waals surface area contributed by atoms with E-state index in [1.165, 1.54) is 18.9 Å². The van der Waals surface area contributed by atoms with E-state index < -0.39 is 17.0 Å². The highest BCUT2D eigenvalue weighted by molar-refractivity contribution is 5.93. The Kier molecular flexibility index (Phi) is 4.65. The molecule has 0 atom stereocenters. The fraction of sp³-hybridized carbons (Fsp3) is 0.538. The summed E-state index contributed by atoms with van der Waals surface area (Å²) in [4.78, 5) is 48.5. The number of likely N-dealkylation sites (N-methyl/N-ethyl adjacent to an activating group) is 1. The molecule has 0 aliphatic carbocycles. The van der Waals surface area contributed by atoms with Crippen molar-refractivity contribution in [3.05, 3.63) is 32.6 Å². The maximum atomic E-state index is 12.0. The molecule has 1 heterocycles. The lowest BCUT2D eigenvalue weighted by molar-refractivity contribution is -0.132. The summed E-state index contributed by atoms with van der Waals surface area (Å²) in [5, 5.41) is 0. The van der Waals surface area contributed by atoms with Crippen LogP contribution >= 0.6 is 0 Å². The molecule has 0 radical (unpaired) electrons. The maximum Gasteiger partial charge on any atom is 0.331 e. The van der Waals surface area contributed by atoms with Crippen molar-refractivity contribution in [1.29, 1.82) is 0 Å². The first kappa shape index (κ1) is 15.9. The number of amides is 1. The first-order valence-electron chi connectivity index (χ1n) is 6.23. The van der Waals surface area contributed by atoms with Gasteiger partial charge < -0.3 is 4.90 Å². The summed E-state index contributed by atoms with van der Waals surface area (Å²) in [5.41, 5.74) is -1.37. The van der Waals surface area contributed by atoms with E-state index in [1.54, 1.807) is 7.05 Å². The van der Waals surface area contributed by atoms with Gasteiger partial charge in [0.25, 0.3) is 5.56 Å². The van der Waals surface area contributed by atoms with Crippen molar-refractivity contribution in [2.45, 2.75) is 33.4 Å². The van der Waals surface area contributed by atoms with Gasteiger partial charge in [-0.15, -0.1) is 0 Å². The van der Waals surface area contributed by atoms with E-state index in [0.717, 1.165) is 15.3 Å². The van der Waals surface area contributed by atoms with Crippen LogP contribution in [0, 0.1) is 0 Å². The third-order valence-corrected chi connectivity index (χ3v) is 3.21. The van der Waals surface area contributed by atoms with Gasteiger partial charge in [0.2, 0.25) is 5.91 Å². The number of Topliss-reactive ketones (excluding diaryl/α,β-unsaturated/α-hetero) is 1. The minimum atomic E-state index is -0.650. The van der Waals surface area contributed by atoms with E-state index in [1.807, 2.05) is 13.8 Å². The molecule has 0 spiro atoms. The number of hydrogen-bond acceptors (Lipinski definition) is 4. The summed E-state index contributed by atoms with van der Waals surface area (Å²) in [7, 11) is 2.91. The van der Waals surface area contributed by atoms with Crippen LogP contribution < -0.4 is 11.2 Å². The molecule has 110 valence electrons. The van der Waals surface area contributed by atoms with Gasteiger partial charge in [0, 0.05) is 26.3 Å². The molecule has 0 fully saturated rings. The van der Waals surface area contributed by atoms with Crippen molar-refractivity contribution in [2.75, 3.05) is 7.05 Å². The molecule has 0 unspecified atom stereocenters. The van der Waals surface area contributed by atoms with Gasteiger partial charge in [0.05, 0.1) is 5.56 Å². The van der Waals surface area contributed by atoms with E-state index in [4.69, 9.17) is 0 Å². The molecule has 0 aliphatic rings. The molecule has 0 aliphatic heterocycles. The molecule has 1 amide bonds. The minimum absolute atomic E-state index is 0.00184. The number of carbonyl (C=O) groups excluding carboxylic acids is 2. The Morgan fingerprint density at radius 3 is 2.30 bits per heavy atom. The Balaban J connectivity index is 3.27. The highest BCUT2D eigenvalue weighted by Crippen LogP contribution is 1.97. The van der Waals surface area contributed by atoms with Crippen molar-refractivity contribution in [3.63, 3.8) is 0 Å². The van der Waals surface area contributed by atoms with E-state index >= 15 is 0 Å². The van der Waals surface area contributed by atoms with Crippen LogP contribution in [0.25, 0.3) is 0 Å². The highest BCUT2D eigenvalue weighted by Gasteiger charge is 2.17. The zero-order chi connectivity index (χ0) is 15.6. The molecular weight excluding hydrogens is 262 g/mol. The summed E-state index contributed by atoms with van der Waals surface area (Å²) in [6, 6.07) is -0.00184. The van der Waals surface area contributed by atoms with Crippen LogP contribution in [-0.2, 0) is 18.4 Å². The van der Waals surface area contributed by atoms with Gasteiger partial charge in [-0.2, -0.15) is 0 Å². The van der Waals surface area contributed by atoms with E-state index in [2.05, 4.69) is 0 Å². The maximum absolute atomic E-state index is 12.0. The van der Waals surface area contributed by atoms with Crippen molar-refractivity contribution < 1.29 is 9.59 Å². The second-order valence-electron chi connectivity index (χ2n) is 4.97. The molecular formula is C13H19N3O4. The lowest BCUT2D eigenvalue weighted by Crippen LogP contribution is -2.44. The van der Waals surface area contributed by atoms with Gasteiger partial charge >= 0.3 is 5.69 Å². The fourth-order valence-electron chi connectivity index (χ4n) is 1.63. The van der Waals surface area contributed by atoms with Gasteiger partial charge in [-0.25, -0.2) is 4.79 Å². The summed E-state index contributed by atoms with van der Waals surface area (Å²) in [5.74, 6) is -0.709. The standard InChI is InChI=1S/C13H19N3O4/c1-8(2)14(4)11(18)7-16-6-10(9(3)17)12(19)15(5)13(16)20/h6,8H,7H2,1-5H3. The number of carbonyl (C=O) groups is 2. The molecule has 1 aromatic heterocycles. The second-order valence-corrected chi connectivity index (χ2v) is 4.97. The smallest absolute Gasteiger partial charge is 0.331 e. The SMILES string of the molecule is CC(=O)c1cn(CC(=O)N(C)C(C)C)c(=O)n(C)c1=O. The van der Waals surface area contributed by atoms with Crippen molar-refractivity contribution in [3.8, 4) is 0 Å². The van der Waals surface area contributed by atoms with Crippen LogP contribution in [0.5, 0.6) is 0 Å². The van der Waals surface area contributed by atoms with Gasteiger partial charge in [-0.05, 0) is 20.8 Å². The van der Waals surface area contributed by atoms with Crippen LogP contribution in [-0.4, -0.2) is 38.8 Å². The van der Waals surface area contributed by atoms with E-state index in [-0.39, 0.29) is 24.1 Å².